The van der Waals surface area contributed by atoms with Gasteiger partial charge in [0.25, 0.3) is 0 Å². The number of hydrogen-bond donors (Lipinski definition) is 2. The Balaban J connectivity index is 1.87. The Morgan fingerprint density at radius 3 is 2.47 bits per heavy atom. The van der Waals surface area contributed by atoms with Crippen LogP contribution in [0.5, 0.6) is 5.75 Å². The van der Waals surface area contributed by atoms with Gasteiger partial charge in [-0.15, -0.1) is 0 Å². The van der Waals surface area contributed by atoms with E-state index in [1.165, 1.54) is 12.3 Å². The third-order valence-electron chi connectivity index (χ3n) is 6.91. The number of nitriles is 2. The Bertz CT molecular complexity index is 1370. The molecular formula is C26H18ClN3O4. The topological polar surface area (TPSA) is 127 Å². The lowest BCUT2D eigenvalue weighted by Crippen LogP contribution is -2.50. The fraction of sp³-hybridized carbons (Fsp3) is 0.231. The Hall–Kier alpha value is -3.91. The van der Waals surface area contributed by atoms with E-state index in [9.17, 15) is 25.5 Å². The SMILES string of the molecule is N#Cc1ccc([C@@]23Oc4cc(Cl)cnc4[C@]2(O)[C@@H](C#N)[C@H](CC(=O)O)[C@H]3c2ccccc2)cc1. The zero-order valence-electron chi connectivity index (χ0n) is 17.7. The molecule has 0 amide bonds. The van der Waals surface area contributed by atoms with Crippen LogP contribution in [0.25, 0.3) is 0 Å². The molecule has 7 nitrogen and oxygen atoms in total. The third-order valence-corrected chi connectivity index (χ3v) is 7.12. The smallest absolute Gasteiger partial charge is 0.303 e. The quantitative estimate of drug-likeness (QED) is 0.586. The van der Waals surface area contributed by atoms with Crippen LogP contribution < -0.4 is 4.74 Å². The van der Waals surface area contributed by atoms with Crippen molar-refractivity contribution >= 4 is 17.6 Å². The molecule has 2 heterocycles. The van der Waals surface area contributed by atoms with E-state index >= 15 is 0 Å². The molecule has 34 heavy (non-hydrogen) atoms. The average Bonchev–Trinajstić information content (AvgIpc) is 3.20. The van der Waals surface area contributed by atoms with E-state index in [2.05, 4.69) is 17.1 Å². The number of ether oxygens (including phenoxy) is 1. The summed E-state index contributed by atoms with van der Waals surface area (Å²) in [5.74, 6) is -3.53. The second kappa shape index (κ2) is 7.85. The van der Waals surface area contributed by atoms with Crippen molar-refractivity contribution in [2.45, 2.75) is 23.5 Å². The van der Waals surface area contributed by atoms with Gasteiger partial charge in [0.1, 0.15) is 11.4 Å². The molecule has 0 unspecified atom stereocenters. The summed E-state index contributed by atoms with van der Waals surface area (Å²) in [6.45, 7) is 0. The Morgan fingerprint density at radius 2 is 1.85 bits per heavy atom. The van der Waals surface area contributed by atoms with E-state index in [-0.39, 0.29) is 17.9 Å². The maximum absolute atomic E-state index is 12.5. The van der Waals surface area contributed by atoms with Crippen molar-refractivity contribution in [2.24, 2.45) is 11.8 Å². The van der Waals surface area contributed by atoms with Gasteiger partial charge in [0.15, 0.2) is 11.2 Å². The molecule has 3 aromatic rings. The summed E-state index contributed by atoms with van der Waals surface area (Å²) >= 11 is 6.17. The van der Waals surface area contributed by atoms with Crippen LogP contribution in [0.2, 0.25) is 5.02 Å². The number of aromatic nitrogens is 1. The monoisotopic (exact) mass is 471 g/mol. The van der Waals surface area contributed by atoms with Crippen LogP contribution >= 0.6 is 11.6 Å². The molecule has 1 fully saturated rings. The van der Waals surface area contributed by atoms with E-state index in [0.29, 0.717) is 21.7 Å². The predicted octanol–water partition coefficient (Wildman–Crippen LogP) is 4.11. The molecule has 0 spiro atoms. The number of aliphatic carboxylic acids is 1. The summed E-state index contributed by atoms with van der Waals surface area (Å²) < 4.78 is 6.55. The van der Waals surface area contributed by atoms with Gasteiger partial charge in [-0.05, 0) is 29.2 Å². The van der Waals surface area contributed by atoms with Gasteiger partial charge < -0.3 is 14.9 Å². The third kappa shape index (κ3) is 2.85. The van der Waals surface area contributed by atoms with Crippen molar-refractivity contribution in [2.75, 3.05) is 0 Å². The van der Waals surface area contributed by atoms with Gasteiger partial charge in [0.05, 0.1) is 35.1 Å². The lowest BCUT2D eigenvalue weighted by Gasteiger charge is -2.40. The van der Waals surface area contributed by atoms with Gasteiger partial charge in [-0.25, -0.2) is 0 Å². The largest absolute Gasteiger partial charge is 0.481 e. The first kappa shape index (κ1) is 21.9. The van der Waals surface area contributed by atoms with Crippen molar-refractivity contribution in [1.82, 2.24) is 4.98 Å². The van der Waals surface area contributed by atoms with Crippen LogP contribution in [0.1, 0.15) is 34.7 Å². The number of halogens is 1. The highest BCUT2D eigenvalue weighted by atomic mass is 35.5. The molecule has 5 rings (SSSR count). The highest BCUT2D eigenvalue weighted by Crippen LogP contribution is 2.70. The lowest BCUT2D eigenvalue weighted by molar-refractivity contribution is -0.138. The Kier molecular flexibility index (Phi) is 5.06. The van der Waals surface area contributed by atoms with Crippen molar-refractivity contribution in [3.8, 4) is 17.9 Å². The van der Waals surface area contributed by atoms with Gasteiger partial charge >= 0.3 is 5.97 Å². The Morgan fingerprint density at radius 1 is 1.15 bits per heavy atom. The highest BCUT2D eigenvalue weighted by Gasteiger charge is 2.77. The standard InChI is InChI=1S/C26H18ClN3O4/c27-18-10-21-24(30-14-18)25(33)20(13-29)19(11-22(31)32)23(16-4-2-1-3-5-16)26(25,34-21)17-8-6-15(12-28)7-9-17/h1-10,14,19-20,23,33H,11H2,(H,31,32)/t19-,20-,23+,25+,26-/m0/s1. The fourth-order valence-electron chi connectivity index (χ4n) is 5.71. The molecule has 168 valence electrons. The van der Waals surface area contributed by atoms with Gasteiger partial charge in [-0.1, -0.05) is 54.1 Å². The highest BCUT2D eigenvalue weighted by molar-refractivity contribution is 6.30. The first-order chi connectivity index (χ1) is 16.4. The van der Waals surface area contributed by atoms with Crippen LogP contribution in [-0.4, -0.2) is 21.2 Å². The minimum Gasteiger partial charge on any atom is -0.481 e. The molecule has 8 heteroatoms. The summed E-state index contributed by atoms with van der Waals surface area (Å²) in [6.07, 6.45) is 1.01. The summed E-state index contributed by atoms with van der Waals surface area (Å²) in [4.78, 5) is 16.3. The van der Waals surface area contributed by atoms with Crippen LogP contribution in [0, 0.1) is 34.5 Å². The zero-order valence-corrected chi connectivity index (χ0v) is 18.5. The van der Waals surface area contributed by atoms with Crippen LogP contribution in [0.3, 0.4) is 0 Å². The summed E-state index contributed by atoms with van der Waals surface area (Å²) in [5.41, 5.74) is -1.78. The number of carbonyl (C=O) groups is 1. The molecule has 1 saturated carbocycles. The maximum atomic E-state index is 12.5. The second-order valence-electron chi connectivity index (χ2n) is 8.55. The number of hydrogen-bond acceptors (Lipinski definition) is 6. The first-order valence-electron chi connectivity index (χ1n) is 10.6. The molecule has 2 aliphatic rings. The minimum atomic E-state index is -1.98. The van der Waals surface area contributed by atoms with E-state index in [1.54, 1.807) is 24.3 Å². The Labute approximate surface area is 200 Å². The molecule has 1 aliphatic heterocycles. The van der Waals surface area contributed by atoms with Crippen LogP contribution in [0.15, 0.2) is 66.9 Å². The molecule has 5 atom stereocenters. The lowest BCUT2D eigenvalue weighted by atomic mass is 9.71. The van der Waals surface area contributed by atoms with Crippen molar-refractivity contribution in [3.05, 3.63) is 94.3 Å². The van der Waals surface area contributed by atoms with Crippen molar-refractivity contribution < 1.29 is 19.7 Å². The molecule has 0 saturated heterocycles. The number of carboxylic acids is 1. The minimum absolute atomic E-state index is 0.140. The first-order valence-corrected chi connectivity index (χ1v) is 11.0. The van der Waals surface area contributed by atoms with Crippen molar-refractivity contribution in [3.63, 3.8) is 0 Å². The van der Waals surface area contributed by atoms with E-state index in [4.69, 9.17) is 16.3 Å². The maximum Gasteiger partial charge on any atom is 0.303 e. The number of fused-ring (bicyclic) bond motifs is 3. The van der Waals surface area contributed by atoms with Crippen LogP contribution in [-0.2, 0) is 16.0 Å². The number of nitrogens with zero attached hydrogens (tertiary/aromatic N) is 3. The molecular weight excluding hydrogens is 454 g/mol. The number of aliphatic hydroxyl groups is 1. The summed E-state index contributed by atoms with van der Waals surface area (Å²) in [6, 6.07) is 21.5. The summed E-state index contributed by atoms with van der Waals surface area (Å²) in [7, 11) is 0. The van der Waals surface area contributed by atoms with E-state index < -0.39 is 34.9 Å². The number of benzene rings is 2. The fourth-order valence-corrected chi connectivity index (χ4v) is 5.86. The molecule has 2 aromatic carbocycles. The van der Waals surface area contributed by atoms with Gasteiger partial charge in [-0.2, -0.15) is 10.5 Å². The average molecular weight is 472 g/mol. The zero-order chi connectivity index (χ0) is 24.1. The van der Waals surface area contributed by atoms with E-state index in [1.807, 2.05) is 30.3 Å². The van der Waals surface area contributed by atoms with Crippen molar-refractivity contribution in [1.29, 1.82) is 10.5 Å². The molecule has 0 radical (unpaired) electrons. The van der Waals surface area contributed by atoms with Crippen LogP contribution in [0.4, 0.5) is 0 Å². The number of carboxylic acid groups (broad SMARTS) is 1. The predicted molar refractivity (Wildman–Crippen MR) is 121 cm³/mol. The molecule has 2 N–H and O–H groups in total. The van der Waals surface area contributed by atoms with Gasteiger partial charge in [0.2, 0.25) is 0 Å². The molecule has 0 bridgehead atoms. The van der Waals surface area contributed by atoms with E-state index in [0.717, 1.165) is 0 Å². The normalized spacial score (nSPS) is 28.8. The molecule has 1 aromatic heterocycles. The number of pyridine rings is 1. The van der Waals surface area contributed by atoms with Gasteiger partial charge in [-0.3, -0.25) is 9.78 Å². The second-order valence-corrected chi connectivity index (χ2v) is 8.99. The number of rotatable bonds is 4. The summed E-state index contributed by atoms with van der Waals surface area (Å²) in [5, 5.41) is 42.1. The van der Waals surface area contributed by atoms with Gasteiger partial charge in [0, 0.05) is 18.2 Å². The molecule has 1 aliphatic carbocycles.